The molecule has 0 spiro atoms. The molecular formula is C8H17N2O+. The van der Waals surface area contributed by atoms with Crippen LogP contribution in [0.5, 0.6) is 0 Å². The van der Waals surface area contributed by atoms with Crippen LogP contribution in [0, 0.1) is 0 Å². The molecule has 0 aromatic heterocycles. The Balaban J connectivity index is 3.87. The van der Waals surface area contributed by atoms with Crippen molar-refractivity contribution in [2.24, 2.45) is 0 Å². The summed E-state index contributed by atoms with van der Waals surface area (Å²) < 4.78 is 0. The van der Waals surface area contributed by atoms with Gasteiger partial charge in [0.15, 0.2) is 6.17 Å². The minimum atomic E-state index is -0.0990. The second-order valence-electron chi connectivity index (χ2n) is 2.75. The summed E-state index contributed by atoms with van der Waals surface area (Å²) in [6, 6.07) is 0. The summed E-state index contributed by atoms with van der Waals surface area (Å²) >= 11 is 0. The second kappa shape index (κ2) is 4.91. The largest absolute Gasteiger partial charge is 0.320 e. The number of hydrogen-bond acceptors (Lipinski definition) is 1. The third-order valence-electron chi connectivity index (χ3n) is 1.61. The van der Waals surface area contributed by atoms with Crippen LogP contribution in [0.4, 0.5) is 0 Å². The highest BCUT2D eigenvalue weighted by atomic mass is 16.1. The molecule has 1 unspecified atom stereocenters. The molecule has 0 bridgehead atoms. The van der Waals surface area contributed by atoms with Crippen molar-refractivity contribution in [3.63, 3.8) is 0 Å². The maximum absolute atomic E-state index is 10.8. The van der Waals surface area contributed by atoms with Gasteiger partial charge >= 0.3 is 0 Å². The van der Waals surface area contributed by atoms with Crippen molar-refractivity contribution in [3.05, 3.63) is 12.7 Å². The lowest BCUT2D eigenvalue weighted by molar-refractivity contribution is -0.888. The first-order valence-electron chi connectivity index (χ1n) is 3.84. The summed E-state index contributed by atoms with van der Waals surface area (Å²) in [5, 5.41) is 2.82. The lowest BCUT2D eigenvalue weighted by Crippen LogP contribution is -3.12. The van der Waals surface area contributed by atoms with Crippen molar-refractivity contribution in [1.29, 1.82) is 0 Å². The van der Waals surface area contributed by atoms with Gasteiger partial charge in [0.05, 0.1) is 14.1 Å². The van der Waals surface area contributed by atoms with E-state index in [4.69, 9.17) is 0 Å². The Morgan fingerprint density at radius 3 is 2.55 bits per heavy atom. The van der Waals surface area contributed by atoms with Gasteiger partial charge in [0.2, 0.25) is 5.91 Å². The molecule has 0 saturated heterocycles. The van der Waals surface area contributed by atoms with Crippen molar-refractivity contribution in [1.82, 2.24) is 5.32 Å². The van der Waals surface area contributed by atoms with Crippen molar-refractivity contribution in [3.8, 4) is 0 Å². The molecule has 3 heteroatoms. The maximum atomic E-state index is 10.8. The fourth-order valence-corrected chi connectivity index (χ4v) is 0.885. The van der Waals surface area contributed by atoms with Crippen LogP contribution in [0.25, 0.3) is 0 Å². The molecule has 1 atom stereocenters. The van der Waals surface area contributed by atoms with E-state index in [1.165, 1.54) is 11.0 Å². The van der Waals surface area contributed by atoms with Gasteiger partial charge in [0.1, 0.15) is 0 Å². The first kappa shape index (κ1) is 10.2. The zero-order chi connectivity index (χ0) is 8.85. The summed E-state index contributed by atoms with van der Waals surface area (Å²) in [6.07, 6.45) is 2.42. The lowest BCUT2D eigenvalue weighted by atomic mass is 10.3. The van der Waals surface area contributed by atoms with E-state index in [2.05, 4.69) is 11.9 Å². The van der Waals surface area contributed by atoms with Gasteiger partial charge in [0, 0.05) is 6.42 Å². The van der Waals surface area contributed by atoms with E-state index in [1.54, 1.807) is 0 Å². The number of carbonyl (C=O) groups excluding carboxylic acids is 1. The van der Waals surface area contributed by atoms with E-state index in [0.717, 1.165) is 6.42 Å². The number of hydrogen-bond donors (Lipinski definition) is 2. The van der Waals surface area contributed by atoms with Crippen molar-refractivity contribution in [2.45, 2.75) is 19.5 Å². The Bertz CT molecular complexity index is 143. The molecule has 11 heavy (non-hydrogen) atoms. The predicted octanol–water partition coefficient (Wildman–Crippen LogP) is -0.831. The van der Waals surface area contributed by atoms with Gasteiger partial charge in [-0.3, -0.25) is 4.79 Å². The molecule has 0 fully saturated rings. The molecule has 0 aliphatic carbocycles. The Labute approximate surface area is 68.1 Å². The second-order valence-corrected chi connectivity index (χ2v) is 2.75. The van der Waals surface area contributed by atoms with Crippen molar-refractivity contribution >= 4 is 5.91 Å². The smallest absolute Gasteiger partial charge is 0.247 e. The first-order valence-corrected chi connectivity index (χ1v) is 3.84. The van der Waals surface area contributed by atoms with E-state index in [-0.39, 0.29) is 12.1 Å². The molecule has 0 saturated carbocycles. The number of nitrogens with one attached hydrogen (secondary N) is 2. The summed E-state index contributed by atoms with van der Waals surface area (Å²) in [6.45, 7) is 5.43. The molecule has 1 amide bonds. The van der Waals surface area contributed by atoms with E-state index in [0.29, 0.717) is 0 Å². The highest BCUT2D eigenvalue weighted by Crippen LogP contribution is 1.79. The van der Waals surface area contributed by atoms with Crippen molar-refractivity contribution < 1.29 is 9.69 Å². The number of rotatable bonds is 4. The van der Waals surface area contributed by atoms with E-state index < -0.39 is 0 Å². The minimum Gasteiger partial charge on any atom is -0.320 e. The quantitative estimate of drug-likeness (QED) is 0.405. The molecule has 0 radical (unpaired) electrons. The van der Waals surface area contributed by atoms with Crippen LogP contribution in [0.1, 0.15) is 13.3 Å². The zero-order valence-corrected chi connectivity index (χ0v) is 7.48. The zero-order valence-electron chi connectivity index (χ0n) is 7.48. The monoisotopic (exact) mass is 157 g/mol. The van der Waals surface area contributed by atoms with Gasteiger partial charge in [-0.15, -0.1) is 0 Å². The standard InChI is InChI=1S/C8H16N2O/c1-5-7(10(3)4)9-8(11)6-2/h6-7H,2,5H2,1,3-4H3,(H,9,11)/p+1. The molecular weight excluding hydrogens is 140 g/mol. The fraction of sp³-hybridized carbons (Fsp3) is 0.625. The Kier molecular flexibility index (Phi) is 4.54. The Hall–Kier alpha value is -0.830. The van der Waals surface area contributed by atoms with Gasteiger partial charge < -0.3 is 10.2 Å². The highest BCUT2D eigenvalue weighted by molar-refractivity contribution is 5.86. The highest BCUT2D eigenvalue weighted by Gasteiger charge is 2.12. The van der Waals surface area contributed by atoms with Gasteiger partial charge in [-0.05, 0) is 6.08 Å². The molecule has 2 N–H and O–H groups in total. The summed E-state index contributed by atoms with van der Waals surface area (Å²) in [7, 11) is 4.02. The third-order valence-corrected chi connectivity index (χ3v) is 1.61. The first-order chi connectivity index (χ1) is 5.11. The fourth-order valence-electron chi connectivity index (χ4n) is 0.885. The number of carbonyl (C=O) groups is 1. The number of amides is 1. The van der Waals surface area contributed by atoms with Crippen molar-refractivity contribution in [2.75, 3.05) is 14.1 Å². The lowest BCUT2D eigenvalue weighted by Gasteiger charge is -2.19. The summed E-state index contributed by atoms with van der Waals surface area (Å²) in [5.74, 6) is -0.0990. The summed E-state index contributed by atoms with van der Waals surface area (Å²) in [4.78, 5) is 12.1. The summed E-state index contributed by atoms with van der Waals surface area (Å²) in [5.41, 5.74) is 0. The van der Waals surface area contributed by atoms with E-state index >= 15 is 0 Å². The van der Waals surface area contributed by atoms with Crippen LogP contribution < -0.4 is 10.2 Å². The van der Waals surface area contributed by atoms with Crippen LogP contribution in [-0.4, -0.2) is 26.2 Å². The van der Waals surface area contributed by atoms with Gasteiger partial charge in [-0.1, -0.05) is 13.5 Å². The van der Waals surface area contributed by atoms with Gasteiger partial charge in [-0.2, -0.15) is 0 Å². The molecule has 0 aliphatic rings. The third kappa shape index (κ3) is 3.78. The van der Waals surface area contributed by atoms with Crippen LogP contribution in [0.15, 0.2) is 12.7 Å². The van der Waals surface area contributed by atoms with E-state index in [9.17, 15) is 4.79 Å². The van der Waals surface area contributed by atoms with E-state index in [1.807, 2.05) is 21.0 Å². The molecule has 0 heterocycles. The van der Waals surface area contributed by atoms with Crippen LogP contribution >= 0.6 is 0 Å². The maximum Gasteiger partial charge on any atom is 0.247 e. The van der Waals surface area contributed by atoms with Crippen LogP contribution in [-0.2, 0) is 4.79 Å². The molecule has 0 aliphatic heterocycles. The average Bonchev–Trinajstić information content (AvgIpc) is 1.99. The number of quaternary nitrogens is 1. The predicted molar refractivity (Wildman–Crippen MR) is 45.2 cm³/mol. The van der Waals surface area contributed by atoms with Gasteiger partial charge in [-0.25, -0.2) is 0 Å². The molecule has 3 nitrogen and oxygen atoms in total. The van der Waals surface area contributed by atoms with Crippen LogP contribution in [0.3, 0.4) is 0 Å². The molecule has 0 aromatic carbocycles. The molecule has 0 aromatic rings. The SMILES string of the molecule is C=CC(=O)NC(CC)[NH+](C)C. The molecule has 64 valence electrons. The van der Waals surface area contributed by atoms with Crippen LogP contribution in [0.2, 0.25) is 0 Å². The Morgan fingerprint density at radius 2 is 2.27 bits per heavy atom. The average molecular weight is 157 g/mol. The molecule has 0 rings (SSSR count). The van der Waals surface area contributed by atoms with Gasteiger partial charge in [0.25, 0.3) is 0 Å². The normalized spacial score (nSPS) is 12.7. The Morgan fingerprint density at radius 1 is 1.73 bits per heavy atom. The minimum absolute atomic E-state index is 0.0990. The topological polar surface area (TPSA) is 33.5 Å².